The zero-order chi connectivity index (χ0) is 14.4. The molecule has 1 rings (SSSR count). The van der Waals surface area contributed by atoms with E-state index in [-0.39, 0.29) is 18.3 Å². The second kappa shape index (κ2) is 6.72. The van der Waals surface area contributed by atoms with Crippen molar-refractivity contribution in [3.8, 4) is 0 Å². The fourth-order valence-corrected chi connectivity index (χ4v) is 1.66. The second-order valence-corrected chi connectivity index (χ2v) is 4.14. The smallest absolute Gasteiger partial charge is 0.330 e. The van der Waals surface area contributed by atoms with E-state index in [0.29, 0.717) is 5.69 Å². The lowest BCUT2D eigenvalue weighted by Gasteiger charge is -2.24. The van der Waals surface area contributed by atoms with Gasteiger partial charge in [0.2, 0.25) is 5.91 Å². The van der Waals surface area contributed by atoms with E-state index in [4.69, 9.17) is 0 Å². The molecule has 1 unspecified atom stereocenters. The van der Waals surface area contributed by atoms with Gasteiger partial charge in [-0.3, -0.25) is 4.79 Å². The molecular weight excluding hydrogens is 251 g/mol. The number of nitrogens with one attached hydrogen (secondary N) is 1. The number of anilines is 1. The number of esters is 1. The lowest BCUT2D eigenvalue weighted by molar-refractivity contribution is -0.144. The van der Waals surface area contributed by atoms with Crippen molar-refractivity contribution in [2.45, 2.75) is 13.0 Å². The quantitative estimate of drug-likeness (QED) is 0.807. The highest BCUT2D eigenvalue weighted by Gasteiger charge is 2.22. The summed E-state index contributed by atoms with van der Waals surface area (Å²) in [7, 11) is 2.95. The molecule has 0 bridgehead atoms. The molecule has 0 heterocycles. The SMILES string of the molecule is COC(=O)C(CN(C)c1cccc(F)c1)NC(C)=O. The van der Waals surface area contributed by atoms with Gasteiger partial charge in [-0.05, 0) is 18.2 Å². The zero-order valence-corrected chi connectivity index (χ0v) is 11.1. The van der Waals surface area contributed by atoms with Crippen molar-refractivity contribution in [2.24, 2.45) is 0 Å². The van der Waals surface area contributed by atoms with Crippen molar-refractivity contribution in [1.82, 2.24) is 5.32 Å². The number of amides is 1. The number of likely N-dealkylation sites (N-methyl/N-ethyl adjacent to an activating group) is 1. The molecule has 0 radical (unpaired) electrons. The average Bonchev–Trinajstić information content (AvgIpc) is 2.36. The Kier molecular flexibility index (Phi) is 5.29. The molecule has 0 aliphatic heterocycles. The Morgan fingerprint density at radius 3 is 2.68 bits per heavy atom. The summed E-state index contributed by atoms with van der Waals surface area (Å²) in [6.45, 7) is 1.51. The molecule has 6 heteroatoms. The molecule has 0 aromatic heterocycles. The Labute approximate surface area is 111 Å². The number of halogens is 1. The van der Waals surface area contributed by atoms with Crippen molar-refractivity contribution >= 4 is 17.6 Å². The maximum Gasteiger partial charge on any atom is 0.330 e. The van der Waals surface area contributed by atoms with Crippen LogP contribution in [0.15, 0.2) is 24.3 Å². The fraction of sp³-hybridized carbons (Fsp3) is 0.385. The van der Waals surface area contributed by atoms with Crippen LogP contribution in [0.25, 0.3) is 0 Å². The molecule has 1 N–H and O–H groups in total. The Hall–Kier alpha value is -2.11. The number of hydrogen-bond acceptors (Lipinski definition) is 4. The first-order chi connectivity index (χ1) is 8.93. The Morgan fingerprint density at radius 1 is 1.47 bits per heavy atom. The number of hydrogen-bond donors (Lipinski definition) is 1. The van der Waals surface area contributed by atoms with Crippen LogP contribution in [0.5, 0.6) is 0 Å². The van der Waals surface area contributed by atoms with Crippen LogP contribution in [0.4, 0.5) is 10.1 Å². The maximum atomic E-state index is 13.1. The molecule has 1 atom stereocenters. The van der Waals surface area contributed by atoms with Gasteiger partial charge < -0.3 is 15.0 Å². The Morgan fingerprint density at radius 2 is 2.16 bits per heavy atom. The van der Waals surface area contributed by atoms with Gasteiger partial charge in [-0.25, -0.2) is 9.18 Å². The van der Waals surface area contributed by atoms with Gasteiger partial charge in [0.15, 0.2) is 0 Å². The second-order valence-electron chi connectivity index (χ2n) is 4.14. The third-order valence-corrected chi connectivity index (χ3v) is 2.57. The molecule has 5 nitrogen and oxygen atoms in total. The van der Waals surface area contributed by atoms with E-state index in [1.807, 2.05) is 0 Å². The summed E-state index contributed by atoms with van der Waals surface area (Å²) in [5.41, 5.74) is 0.610. The van der Waals surface area contributed by atoms with Crippen molar-refractivity contribution in [3.63, 3.8) is 0 Å². The van der Waals surface area contributed by atoms with Gasteiger partial charge in [-0.15, -0.1) is 0 Å². The maximum absolute atomic E-state index is 13.1. The molecule has 1 aromatic carbocycles. The van der Waals surface area contributed by atoms with Crippen LogP contribution >= 0.6 is 0 Å². The third kappa shape index (κ3) is 4.57. The van der Waals surface area contributed by atoms with Crippen LogP contribution < -0.4 is 10.2 Å². The van der Waals surface area contributed by atoms with Gasteiger partial charge >= 0.3 is 5.97 Å². The van der Waals surface area contributed by atoms with Crippen LogP contribution in [-0.4, -0.2) is 38.6 Å². The van der Waals surface area contributed by atoms with Crippen molar-refractivity contribution < 1.29 is 18.7 Å². The minimum Gasteiger partial charge on any atom is -0.467 e. The average molecular weight is 268 g/mol. The van der Waals surface area contributed by atoms with E-state index in [2.05, 4.69) is 10.1 Å². The summed E-state index contributed by atoms with van der Waals surface area (Å²) in [6, 6.07) is 5.18. The van der Waals surface area contributed by atoms with E-state index in [1.54, 1.807) is 24.1 Å². The minimum absolute atomic E-state index is 0.190. The summed E-state index contributed by atoms with van der Waals surface area (Å²) in [6.07, 6.45) is 0. The highest BCUT2D eigenvalue weighted by molar-refractivity contribution is 5.83. The number of nitrogens with zero attached hydrogens (tertiary/aromatic N) is 1. The predicted octanol–water partition coefficient (Wildman–Crippen LogP) is 0.940. The molecule has 0 aliphatic carbocycles. The Balaban J connectivity index is 2.78. The zero-order valence-electron chi connectivity index (χ0n) is 11.1. The lowest BCUT2D eigenvalue weighted by atomic mass is 10.2. The highest BCUT2D eigenvalue weighted by Crippen LogP contribution is 2.14. The Bertz CT molecular complexity index is 465. The summed E-state index contributed by atoms with van der Waals surface area (Å²) in [5, 5.41) is 2.50. The minimum atomic E-state index is -0.796. The number of carbonyl (C=O) groups is 2. The third-order valence-electron chi connectivity index (χ3n) is 2.57. The monoisotopic (exact) mass is 268 g/mol. The number of methoxy groups -OCH3 is 1. The summed E-state index contributed by atoms with van der Waals surface area (Å²) in [5.74, 6) is -1.24. The van der Waals surface area contributed by atoms with Gasteiger partial charge in [-0.1, -0.05) is 6.07 Å². The van der Waals surface area contributed by atoms with E-state index in [9.17, 15) is 14.0 Å². The van der Waals surface area contributed by atoms with Crippen molar-refractivity contribution in [3.05, 3.63) is 30.1 Å². The topological polar surface area (TPSA) is 58.6 Å². The fourth-order valence-electron chi connectivity index (χ4n) is 1.66. The van der Waals surface area contributed by atoms with Gasteiger partial charge in [0.25, 0.3) is 0 Å². The largest absolute Gasteiger partial charge is 0.467 e. The number of benzene rings is 1. The molecule has 0 aliphatic rings. The van der Waals surface area contributed by atoms with E-state index in [1.165, 1.54) is 26.2 Å². The number of ether oxygens (including phenoxy) is 1. The standard InChI is InChI=1S/C13H17FN2O3/c1-9(17)15-12(13(18)19-3)8-16(2)11-6-4-5-10(14)7-11/h4-7,12H,8H2,1-3H3,(H,15,17). The first kappa shape index (κ1) is 14.9. The van der Waals surface area contributed by atoms with E-state index >= 15 is 0 Å². The molecule has 0 saturated heterocycles. The summed E-state index contributed by atoms with van der Waals surface area (Å²) in [4.78, 5) is 24.3. The van der Waals surface area contributed by atoms with Gasteiger partial charge in [0.05, 0.1) is 7.11 Å². The molecule has 1 aromatic rings. The van der Waals surface area contributed by atoms with Crippen molar-refractivity contribution in [1.29, 1.82) is 0 Å². The predicted molar refractivity (Wildman–Crippen MR) is 69.3 cm³/mol. The molecule has 19 heavy (non-hydrogen) atoms. The lowest BCUT2D eigenvalue weighted by Crippen LogP contribution is -2.47. The summed E-state index contributed by atoms with van der Waals surface area (Å²) < 4.78 is 17.7. The highest BCUT2D eigenvalue weighted by atomic mass is 19.1. The normalized spacial score (nSPS) is 11.6. The van der Waals surface area contributed by atoms with E-state index in [0.717, 1.165) is 0 Å². The first-order valence-electron chi connectivity index (χ1n) is 5.75. The van der Waals surface area contributed by atoms with Crippen LogP contribution in [0.2, 0.25) is 0 Å². The van der Waals surface area contributed by atoms with Crippen LogP contribution in [0, 0.1) is 5.82 Å². The molecular formula is C13H17FN2O3. The molecule has 104 valence electrons. The molecule has 1 amide bonds. The van der Waals surface area contributed by atoms with Crippen molar-refractivity contribution in [2.75, 3.05) is 25.6 Å². The molecule has 0 saturated carbocycles. The molecule has 0 spiro atoms. The van der Waals surface area contributed by atoms with Crippen LogP contribution in [0.1, 0.15) is 6.92 Å². The van der Waals surface area contributed by atoms with E-state index < -0.39 is 12.0 Å². The molecule has 0 fully saturated rings. The number of carbonyl (C=O) groups excluding carboxylic acids is 2. The van der Waals surface area contributed by atoms with Crippen LogP contribution in [0.3, 0.4) is 0 Å². The van der Waals surface area contributed by atoms with Crippen LogP contribution in [-0.2, 0) is 14.3 Å². The number of rotatable bonds is 5. The van der Waals surface area contributed by atoms with Gasteiger partial charge in [0.1, 0.15) is 11.9 Å². The summed E-state index contributed by atoms with van der Waals surface area (Å²) >= 11 is 0. The first-order valence-corrected chi connectivity index (χ1v) is 5.75. The van der Waals surface area contributed by atoms with Gasteiger partial charge in [-0.2, -0.15) is 0 Å². The van der Waals surface area contributed by atoms with Gasteiger partial charge in [0, 0.05) is 26.2 Å².